The van der Waals surface area contributed by atoms with Gasteiger partial charge in [-0.25, -0.2) is 0 Å². The van der Waals surface area contributed by atoms with Gasteiger partial charge in [-0.2, -0.15) is 0 Å². The van der Waals surface area contributed by atoms with Crippen molar-refractivity contribution in [1.82, 2.24) is 5.32 Å². The second-order valence-electron chi connectivity index (χ2n) is 4.98. The number of hydrogen-bond acceptors (Lipinski definition) is 1. The SMILES string of the molecule is C=C1NC=C(C(C)(C)C)c2ccccc21. The third kappa shape index (κ3) is 1.70. The van der Waals surface area contributed by atoms with Crippen LogP contribution in [0.2, 0.25) is 0 Å². The van der Waals surface area contributed by atoms with Crippen LogP contribution in [0.4, 0.5) is 0 Å². The highest BCUT2D eigenvalue weighted by atomic mass is 14.9. The summed E-state index contributed by atoms with van der Waals surface area (Å²) in [5.74, 6) is 0. The summed E-state index contributed by atoms with van der Waals surface area (Å²) < 4.78 is 0. The molecule has 78 valence electrons. The summed E-state index contributed by atoms with van der Waals surface area (Å²) in [5.41, 5.74) is 4.99. The molecule has 1 heterocycles. The molecule has 1 heteroatoms. The first-order chi connectivity index (χ1) is 7.00. The summed E-state index contributed by atoms with van der Waals surface area (Å²) in [6.07, 6.45) is 2.07. The Bertz CT molecular complexity index is 433. The second kappa shape index (κ2) is 3.27. The molecule has 1 aliphatic rings. The molecular weight excluding hydrogens is 182 g/mol. The molecule has 0 saturated carbocycles. The third-order valence-corrected chi connectivity index (χ3v) is 2.74. The van der Waals surface area contributed by atoms with Crippen molar-refractivity contribution < 1.29 is 0 Å². The summed E-state index contributed by atoms with van der Waals surface area (Å²) in [7, 11) is 0. The molecule has 1 aliphatic heterocycles. The molecule has 0 saturated heterocycles. The van der Waals surface area contributed by atoms with E-state index in [1.807, 2.05) is 0 Å². The van der Waals surface area contributed by atoms with Gasteiger partial charge in [0.25, 0.3) is 0 Å². The molecule has 0 atom stereocenters. The van der Waals surface area contributed by atoms with Crippen molar-refractivity contribution in [3.05, 3.63) is 48.2 Å². The van der Waals surface area contributed by atoms with Gasteiger partial charge in [-0.3, -0.25) is 0 Å². The Hall–Kier alpha value is -1.50. The largest absolute Gasteiger partial charge is 0.361 e. The second-order valence-corrected chi connectivity index (χ2v) is 4.98. The van der Waals surface area contributed by atoms with Gasteiger partial charge in [0.05, 0.1) is 0 Å². The lowest BCUT2D eigenvalue weighted by Crippen LogP contribution is -2.19. The monoisotopic (exact) mass is 199 g/mol. The lowest BCUT2D eigenvalue weighted by atomic mass is 9.79. The van der Waals surface area contributed by atoms with E-state index in [4.69, 9.17) is 0 Å². The fraction of sp³-hybridized carbons (Fsp3) is 0.286. The first-order valence-electron chi connectivity index (χ1n) is 5.26. The van der Waals surface area contributed by atoms with Gasteiger partial charge in [0.15, 0.2) is 0 Å². The molecule has 15 heavy (non-hydrogen) atoms. The highest BCUT2D eigenvalue weighted by Gasteiger charge is 2.24. The number of rotatable bonds is 0. The smallest absolute Gasteiger partial charge is 0.0386 e. The minimum Gasteiger partial charge on any atom is -0.361 e. The van der Waals surface area contributed by atoms with Crippen LogP contribution in [0.5, 0.6) is 0 Å². The van der Waals surface area contributed by atoms with Crippen molar-refractivity contribution in [2.75, 3.05) is 0 Å². The van der Waals surface area contributed by atoms with Gasteiger partial charge in [0.1, 0.15) is 0 Å². The standard InChI is InChI=1S/C14H17N/c1-10-11-7-5-6-8-12(11)13(9-15-10)14(2,3)4/h5-9,15H,1H2,2-4H3. The van der Waals surface area contributed by atoms with E-state index < -0.39 is 0 Å². The molecule has 0 aromatic heterocycles. The first kappa shape index (κ1) is 10.0. The lowest BCUT2D eigenvalue weighted by Gasteiger charge is -2.29. The van der Waals surface area contributed by atoms with E-state index in [0.717, 1.165) is 5.70 Å². The van der Waals surface area contributed by atoms with Crippen LogP contribution < -0.4 is 5.32 Å². The molecule has 0 fully saturated rings. The summed E-state index contributed by atoms with van der Waals surface area (Å²) in [6.45, 7) is 10.7. The number of hydrogen-bond donors (Lipinski definition) is 1. The maximum Gasteiger partial charge on any atom is 0.0386 e. The summed E-state index contributed by atoms with van der Waals surface area (Å²) in [6, 6.07) is 8.41. The van der Waals surface area contributed by atoms with E-state index in [0.29, 0.717) is 0 Å². The Morgan fingerprint density at radius 2 is 1.67 bits per heavy atom. The molecule has 0 radical (unpaired) electrons. The average Bonchev–Trinajstić information content (AvgIpc) is 2.17. The Labute approximate surface area is 91.5 Å². The van der Waals surface area contributed by atoms with Crippen LogP contribution in [0.1, 0.15) is 31.9 Å². The van der Waals surface area contributed by atoms with Crippen LogP contribution in [0, 0.1) is 5.41 Å². The fourth-order valence-electron chi connectivity index (χ4n) is 1.92. The quantitative estimate of drug-likeness (QED) is 0.672. The van der Waals surface area contributed by atoms with Crippen LogP contribution in [-0.4, -0.2) is 0 Å². The Kier molecular flexibility index (Phi) is 2.18. The minimum atomic E-state index is 0.157. The van der Waals surface area contributed by atoms with E-state index in [1.165, 1.54) is 16.7 Å². The summed E-state index contributed by atoms with van der Waals surface area (Å²) >= 11 is 0. The number of nitrogens with one attached hydrogen (secondary N) is 1. The predicted molar refractivity (Wildman–Crippen MR) is 66.0 cm³/mol. The van der Waals surface area contributed by atoms with E-state index in [-0.39, 0.29) is 5.41 Å². The fourth-order valence-corrected chi connectivity index (χ4v) is 1.92. The molecule has 1 aromatic carbocycles. The van der Waals surface area contributed by atoms with Crippen LogP contribution in [0.15, 0.2) is 37.0 Å². The van der Waals surface area contributed by atoms with Gasteiger partial charge in [-0.15, -0.1) is 0 Å². The van der Waals surface area contributed by atoms with Crippen molar-refractivity contribution in [1.29, 1.82) is 0 Å². The van der Waals surface area contributed by atoms with Gasteiger partial charge < -0.3 is 5.32 Å². The molecule has 0 bridgehead atoms. The van der Waals surface area contributed by atoms with Gasteiger partial charge in [0.2, 0.25) is 0 Å². The van der Waals surface area contributed by atoms with Crippen molar-refractivity contribution in [2.24, 2.45) is 5.41 Å². The third-order valence-electron chi connectivity index (χ3n) is 2.74. The predicted octanol–water partition coefficient (Wildman–Crippen LogP) is 3.65. The van der Waals surface area contributed by atoms with Gasteiger partial charge in [-0.05, 0) is 16.6 Å². The van der Waals surface area contributed by atoms with Crippen molar-refractivity contribution in [3.63, 3.8) is 0 Å². The minimum absolute atomic E-state index is 0.157. The van der Waals surface area contributed by atoms with Crippen molar-refractivity contribution in [3.8, 4) is 0 Å². The molecule has 0 spiro atoms. The zero-order valence-electron chi connectivity index (χ0n) is 9.59. The first-order valence-corrected chi connectivity index (χ1v) is 5.26. The Morgan fingerprint density at radius 1 is 1.07 bits per heavy atom. The molecule has 0 unspecified atom stereocenters. The normalized spacial score (nSPS) is 15.4. The van der Waals surface area contributed by atoms with Gasteiger partial charge in [0, 0.05) is 17.5 Å². The van der Waals surface area contributed by atoms with E-state index in [1.54, 1.807) is 0 Å². The van der Waals surface area contributed by atoms with Crippen LogP contribution in [0.25, 0.3) is 11.3 Å². The maximum atomic E-state index is 4.02. The maximum absolute atomic E-state index is 4.02. The number of benzene rings is 1. The highest BCUT2D eigenvalue weighted by molar-refractivity contribution is 5.84. The summed E-state index contributed by atoms with van der Waals surface area (Å²) in [4.78, 5) is 0. The van der Waals surface area contributed by atoms with E-state index in [9.17, 15) is 0 Å². The molecule has 1 aromatic rings. The Morgan fingerprint density at radius 3 is 2.27 bits per heavy atom. The van der Waals surface area contributed by atoms with Crippen molar-refractivity contribution in [2.45, 2.75) is 20.8 Å². The zero-order valence-corrected chi connectivity index (χ0v) is 9.59. The highest BCUT2D eigenvalue weighted by Crippen LogP contribution is 2.38. The number of allylic oxidation sites excluding steroid dienone is 1. The Balaban J connectivity index is 2.59. The molecule has 0 aliphatic carbocycles. The average molecular weight is 199 g/mol. The zero-order chi connectivity index (χ0) is 11.1. The summed E-state index contributed by atoms with van der Waals surface area (Å²) in [5, 5.41) is 3.24. The van der Waals surface area contributed by atoms with Crippen LogP contribution in [0.3, 0.4) is 0 Å². The van der Waals surface area contributed by atoms with Gasteiger partial charge in [-0.1, -0.05) is 51.6 Å². The lowest BCUT2D eigenvalue weighted by molar-refractivity contribution is 0.563. The van der Waals surface area contributed by atoms with Crippen LogP contribution in [-0.2, 0) is 0 Å². The topological polar surface area (TPSA) is 12.0 Å². The van der Waals surface area contributed by atoms with Crippen molar-refractivity contribution >= 4 is 11.3 Å². The molecule has 1 N–H and O–H groups in total. The molecule has 2 rings (SSSR count). The molecule has 1 nitrogen and oxygen atoms in total. The van der Waals surface area contributed by atoms with E-state index in [2.05, 4.69) is 63.1 Å². The molecule has 0 amide bonds. The van der Waals surface area contributed by atoms with E-state index >= 15 is 0 Å². The van der Waals surface area contributed by atoms with Crippen LogP contribution >= 0.6 is 0 Å². The van der Waals surface area contributed by atoms with Gasteiger partial charge >= 0.3 is 0 Å². The molecular formula is C14H17N. The number of fused-ring (bicyclic) bond motifs is 1.